The van der Waals surface area contributed by atoms with Crippen LogP contribution in [-0.2, 0) is 13.2 Å². The summed E-state index contributed by atoms with van der Waals surface area (Å²) in [7, 11) is 0. The van der Waals surface area contributed by atoms with Crippen LogP contribution in [0.15, 0.2) is 30.5 Å². The molecule has 126 valence electrons. The van der Waals surface area contributed by atoms with E-state index in [4.69, 9.17) is 0 Å². The third kappa shape index (κ3) is 2.73. The summed E-state index contributed by atoms with van der Waals surface area (Å²) >= 11 is 0. The average molecular weight is 327 g/mol. The number of alkyl halides is 1. The third-order valence-corrected chi connectivity index (χ3v) is 5.02. The number of aromatic hydroxyl groups is 1. The minimum atomic E-state index is -0.561. The lowest BCUT2D eigenvalue weighted by Crippen LogP contribution is -2.32. The zero-order valence-corrected chi connectivity index (χ0v) is 13.7. The number of benzene rings is 1. The van der Waals surface area contributed by atoms with E-state index < -0.39 is 6.67 Å². The molecular formula is C19H22FN3O. The fraction of sp³-hybridized carbons (Fsp3) is 0.421. The van der Waals surface area contributed by atoms with Gasteiger partial charge in [0.1, 0.15) is 12.4 Å². The monoisotopic (exact) mass is 327 g/mol. The van der Waals surface area contributed by atoms with E-state index in [1.54, 1.807) is 18.3 Å². The van der Waals surface area contributed by atoms with Gasteiger partial charge >= 0.3 is 0 Å². The Labute approximate surface area is 140 Å². The van der Waals surface area contributed by atoms with Gasteiger partial charge in [0.05, 0.1) is 22.9 Å². The molecule has 1 fully saturated rings. The maximum absolute atomic E-state index is 13.0. The standard InChI is InChI=1S/C19H22FN3O/c20-12-14-10-17-16-5-4-15(24)11-18(16)23(19(17)13-21-14)9-8-22-6-2-1-3-7-22/h4-5,10-11,13,24H,1-3,6-9,12H2. The highest BCUT2D eigenvalue weighted by molar-refractivity contribution is 6.08. The first kappa shape index (κ1) is 15.4. The van der Waals surface area contributed by atoms with E-state index >= 15 is 0 Å². The predicted molar refractivity (Wildman–Crippen MR) is 94.0 cm³/mol. The van der Waals surface area contributed by atoms with E-state index in [0.717, 1.165) is 48.0 Å². The van der Waals surface area contributed by atoms with Crippen LogP contribution in [-0.4, -0.2) is 39.2 Å². The third-order valence-electron chi connectivity index (χ3n) is 5.02. The van der Waals surface area contributed by atoms with Crippen molar-refractivity contribution in [3.63, 3.8) is 0 Å². The van der Waals surface area contributed by atoms with Crippen LogP contribution >= 0.6 is 0 Å². The normalized spacial score (nSPS) is 16.2. The van der Waals surface area contributed by atoms with Crippen LogP contribution in [0, 0.1) is 0 Å². The Kier molecular flexibility index (Phi) is 4.10. The van der Waals surface area contributed by atoms with E-state index in [2.05, 4.69) is 14.5 Å². The van der Waals surface area contributed by atoms with E-state index in [-0.39, 0.29) is 5.75 Å². The minimum Gasteiger partial charge on any atom is -0.508 e. The van der Waals surface area contributed by atoms with Gasteiger partial charge in [0.15, 0.2) is 0 Å². The Balaban J connectivity index is 1.77. The first-order valence-electron chi connectivity index (χ1n) is 8.64. The molecule has 0 bridgehead atoms. The lowest BCUT2D eigenvalue weighted by molar-refractivity contribution is 0.222. The van der Waals surface area contributed by atoms with Crippen molar-refractivity contribution in [2.45, 2.75) is 32.5 Å². The summed E-state index contributed by atoms with van der Waals surface area (Å²) in [5, 5.41) is 11.9. The second kappa shape index (κ2) is 6.40. The molecule has 4 rings (SSSR count). The number of aromatic nitrogens is 2. The van der Waals surface area contributed by atoms with Crippen molar-refractivity contribution in [1.29, 1.82) is 0 Å². The highest BCUT2D eigenvalue weighted by atomic mass is 19.1. The number of rotatable bonds is 4. The Morgan fingerprint density at radius 3 is 2.62 bits per heavy atom. The zero-order valence-electron chi connectivity index (χ0n) is 13.7. The molecule has 1 N–H and O–H groups in total. The van der Waals surface area contributed by atoms with Gasteiger partial charge < -0.3 is 14.6 Å². The predicted octanol–water partition coefficient (Wildman–Crippen LogP) is 3.85. The number of fused-ring (bicyclic) bond motifs is 3. The SMILES string of the molecule is Oc1ccc2c3cc(CF)ncc3n(CCN3CCCCC3)c2c1. The summed E-state index contributed by atoms with van der Waals surface area (Å²) in [6.45, 7) is 3.59. The molecule has 0 amide bonds. The molecule has 2 aromatic heterocycles. The molecule has 1 aliphatic heterocycles. The van der Waals surface area contributed by atoms with Crippen LogP contribution in [0.1, 0.15) is 25.0 Å². The lowest BCUT2D eigenvalue weighted by atomic mass is 10.1. The fourth-order valence-electron chi connectivity index (χ4n) is 3.76. The summed E-state index contributed by atoms with van der Waals surface area (Å²) in [4.78, 5) is 6.72. The van der Waals surface area contributed by atoms with Crippen molar-refractivity contribution in [2.75, 3.05) is 19.6 Å². The molecule has 0 aliphatic carbocycles. The molecule has 5 heteroatoms. The maximum Gasteiger partial charge on any atom is 0.131 e. The molecule has 4 nitrogen and oxygen atoms in total. The van der Waals surface area contributed by atoms with Crippen LogP contribution in [0.25, 0.3) is 21.8 Å². The Hall–Kier alpha value is -2.14. The number of pyridine rings is 1. The van der Waals surface area contributed by atoms with Crippen LogP contribution in [0.4, 0.5) is 4.39 Å². The van der Waals surface area contributed by atoms with Gasteiger partial charge in [-0.1, -0.05) is 6.42 Å². The van der Waals surface area contributed by atoms with E-state index in [0.29, 0.717) is 5.69 Å². The minimum absolute atomic E-state index is 0.253. The molecule has 1 aliphatic rings. The highest BCUT2D eigenvalue weighted by Crippen LogP contribution is 2.31. The number of phenolic OH excluding ortho intramolecular Hbond substituents is 1. The van der Waals surface area contributed by atoms with Crippen molar-refractivity contribution in [1.82, 2.24) is 14.5 Å². The van der Waals surface area contributed by atoms with Gasteiger partial charge in [-0.3, -0.25) is 4.98 Å². The van der Waals surface area contributed by atoms with Crippen LogP contribution in [0.2, 0.25) is 0 Å². The van der Waals surface area contributed by atoms with E-state index in [1.807, 2.05) is 12.1 Å². The molecule has 3 aromatic rings. The fourth-order valence-corrected chi connectivity index (χ4v) is 3.76. The quantitative estimate of drug-likeness (QED) is 0.791. The molecule has 0 unspecified atom stereocenters. The molecule has 1 saturated heterocycles. The maximum atomic E-state index is 13.0. The lowest BCUT2D eigenvalue weighted by Gasteiger charge is -2.26. The van der Waals surface area contributed by atoms with Crippen molar-refractivity contribution >= 4 is 21.8 Å². The van der Waals surface area contributed by atoms with Crippen LogP contribution in [0.3, 0.4) is 0 Å². The van der Waals surface area contributed by atoms with Crippen molar-refractivity contribution in [2.24, 2.45) is 0 Å². The van der Waals surface area contributed by atoms with Gasteiger partial charge in [0.2, 0.25) is 0 Å². The highest BCUT2D eigenvalue weighted by Gasteiger charge is 2.15. The van der Waals surface area contributed by atoms with Gasteiger partial charge in [-0.05, 0) is 44.1 Å². The second-order valence-corrected chi connectivity index (χ2v) is 6.58. The molecule has 0 radical (unpaired) electrons. The van der Waals surface area contributed by atoms with Crippen molar-refractivity contribution < 1.29 is 9.50 Å². The van der Waals surface area contributed by atoms with Crippen LogP contribution in [0.5, 0.6) is 5.75 Å². The average Bonchev–Trinajstić information content (AvgIpc) is 2.92. The van der Waals surface area contributed by atoms with Crippen molar-refractivity contribution in [3.05, 3.63) is 36.2 Å². The van der Waals surface area contributed by atoms with Gasteiger partial charge in [-0.25, -0.2) is 4.39 Å². The number of halogens is 1. The number of likely N-dealkylation sites (tertiary alicyclic amines) is 1. The number of hydrogen-bond acceptors (Lipinski definition) is 3. The van der Waals surface area contributed by atoms with E-state index in [1.165, 1.54) is 19.3 Å². The Morgan fingerprint density at radius 2 is 1.83 bits per heavy atom. The number of phenols is 1. The first-order valence-corrected chi connectivity index (χ1v) is 8.64. The Morgan fingerprint density at radius 1 is 1.00 bits per heavy atom. The summed E-state index contributed by atoms with van der Waals surface area (Å²) < 4.78 is 15.2. The first-order chi connectivity index (χ1) is 11.8. The van der Waals surface area contributed by atoms with Crippen molar-refractivity contribution in [3.8, 4) is 5.75 Å². The molecule has 0 saturated carbocycles. The zero-order chi connectivity index (χ0) is 16.5. The molecule has 0 atom stereocenters. The number of nitrogens with zero attached hydrogens (tertiary/aromatic N) is 3. The summed E-state index contributed by atoms with van der Waals surface area (Å²) in [6, 6.07) is 7.21. The number of hydrogen-bond donors (Lipinski definition) is 1. The molecule has 24 heavy (non-hydrogen) atoms. The number of piperidine rings is 1. The van der Waals surface area contributed by atoms with Gasteiger partial charge in [0.25, 0.3) is 0 Å². The topological polar surface area (TPSA) is 41.3 Å². The van der Waals surface area contributed by atoms with Crippen LogP contribution < -0.4 is 0 Å². The summed E-state index contributed by atoms with van der Waals surface area (Å²) in [5.41, 5.74) is 2.44. The molecule has 3 heterocycles. The molecular weight excluding hydrogens is 305 g/mol. The van der Waals surface area contributed by atoms with E-state index in [9.17, 15) is 9.50 Å². The second-order valence-electron chi connectivity index (χ2n) is 6.58. The Bertz CT molecular complexity index is 868. The van der Waals surface area contributed by atoms with Gasteiger partial charge in [0, 0.05) is 29.9 Å². The molecule has 1 aromatic carbocycles. The van der Waals surface area contributed by atoms with Gasteiger partial charge in [-0.15, -0.1) is 0 Å². The largest absolute Gasteiger partial charge is 0.508 e. The molecule has 0 spiro atoms. The van der Waals surface area contributed by atoms with Gasteiger partial charge in [-0.2, -0.15) is 0 Å². The summed E-state index contributed by atoms with van der Waals surface area (Å²) in [5.74, 6) is 0.253. The summed E-state index contributed by atoms with van der Waals surface area (Å²) in [6.07, 6.45) is 5.64. The smallest absolute Gasteiger partial charge is 0.131 e.